The molecule has 0 saturated carbocycles. The van der Waals surface area contributed by atoms with Crippen molar-refractivity contribution in [2.24, 2.45) is 12.8 Å². The van der Waals surface area contributed by atoms with Crippen LogP contribution in [0.25, 0.3) is 22.5 Å². The topological polar surface area (TPSA) is 73.8 Å². The van der Waals surface area contributed by atoms with E-state index in [1.165, 1.54) is 12.1 Å². The summed E-state index contributed by atoms with van der Waals surface area (Å²) in [5, 5.41) is 7.85. The van der Waals surface area contributed by atoms with Crippen LogP contribution >= 0.6 is 0 Å². The van der Waals surface area contributed by atoms with Crippen LogP contribution in [0.1, 0.15) is 10.4 Å². The first-order valence-corrected chi connectivity index (χ1v) is 6.60. The van der Waals surface area contributed by atoms with E-state index in [0.29, 0.717) is 17.0 Å². The highest BCUT2D eigenvalue weighted by atomic mass is 19.1. The Kier molecular flexibility index (Phi) is 3.42. The molecule has 0 aliphatic rings. The second-order valence-electron chi connectivity index (χ2n) is 4.90. The van der Waals surface area contributed by atoms with Gasteiger partial charge in [-0.1, -0.05) is 18.2 Å². The van der Waals surface area contributed by atoms with Crippen molar-refractivity contribution < 1.29 is 9.18 Å². The van der Waals surface area contributed by atoms with E-state index < -0.39 is 5.91 Å². The van der Waals surface area contributed by atoms with Gasteiger partial charge >= 0.3 is 0 Å². The molecule has 0 unspecified atom stereocenters. The van der Waals surface area contributed by atoms with Crippen molar-refractivity contribution >= 4 is 5.91 Å². The first-order chi connectivity index (χ1) is 10.6. The fourth-order valence-electron chi connectivity index (χ4n) is 2.32. The van der Waals surface area contributed by atoms with E-state index in [9.17, 15) is 9.18 Å². The van der Waals surface area contributed by atoms with Gasteiger partial charge in [0.2, 0.25) is 5.91 Å². The van der Waals surface area contributed by atoms with Gasteiger partial charge in [0.05, 0.1) is 0 Å². The minimum atomic E-state index is -0.510. The number of nitrogens with zero attached hydrogens (tertiary/aromatic N) is 3. The predicted molar refractivity (Wildman–Crippen MR) is 80.4 cm³/mol. The molecule has 2 N–H and O–H groups in total. The second-order valence-corrected chi connectivity index (χ2v) is 4.90. The standard InChI is InChI=1S/C16H13FN4O/c1-21-9-19-20-16(21)14-8-12(17)5-6-13(14)10-3-2-4-11(7-10)15(18)22/h2-9H,1H3,(H2,18,22). The summed E-state index contributed by atoms with van der Waals surface area (Å²) in [7, 11) is 1.78. The number of rotatable bonds is 3. The number of carbonyl (C=O) groups excluding carboxylic acids is 1. The smallest absolute Gasteiger partial charge is 0.248 e. The maximum Gasteiger partial charge on any atom is 0.248 e. The molecule has 0 bridgehead atoms. The Labute approximate surface area is 126 Å². The van der Waals surface area contributed by atoms with Crippen LogP contribution in [0.3, 0.4) is 0 Å². The fraction of sp³-hybridized carbons (Fsp3) is 0.0625. The second kappa shape index (κ2) is 5.40. The minimum absolute atomic E-state index is 0.368. The molecule has 0 fully saturated rings. The van der Waals surface area contributed by atoms with E-state index in [2.05, 4.69) is 10.2 Å². The van der Waals surface area contributed by atoms with Gasteiger partial charge in [0.25, 0.3) is 0 Å². The van der Waals surface area contributed by atoms with Crippen LogP contribution in [0.15, 0.2) is 48.8 Å². The number of nitrogens with two attached hydrogens (primary N) is 1. The maximum atomic E-state index is 13.7. The van der Waals surface area contributed by atoms with Crippen LogP contribution in [0, 0.1) is 5.82 Å². The van der Waals surface area contributed by atoms with Crippen LogP contribution in [-0.2, 0) is 7.05 Å². The SMILES string of the molecule is Cn1cnnc1-c1cc(F)ccc1-c1cccc(C(N)=O)c1. The summed E-state index contributed by atoms with van der Waals surface area (Å²) in [6.07, 6.45) is 1.55. The largest absolute Gasteiger partial charge is 0.366 e. The maximum absolute atomic E-state index is 13.7. The highest BCUT2D eigenvalue weighted by molar-refractivity contribution is 5.94. The molecule has 1 aromatic heterocycles. The van der Waals surface area contributed by atoms with E-state index in [0.717, 1.165) is 11.1 Å². The summed E-state index contributed by atoms with van der Waals surface area (Å²) in [5.41, 5.74) is 7.82. The Morgan fingerprint density at radius 1 is 1.18 bits per heavy atom. The lowest BCUT2D eigenvalue weighted by Gasteiger charge is -2.10. The lowest BCUT2D eigenvalue weighted by molar-refractivity contribution is 0.100. The van der Waals surface area contributed by atoms with Gasteiger partial charge < -0.3 is 10.3 Å². The molecule has 22 heavy (non-hydrogen) atoms. The molecular weight excluding hydrogens is 283 g/mol. The molecular formula is C16H13FN4O. The van der Waals surface area contributed by atoms with Gasteiger partial charge in [0.15, 0.2) is 5.82 Å². The summed E-state index contributed by atoms with van der Waals surface area (Å²) in [6, 6.07) is 11.3. The Bertz CT molecular complexity index is 857. The third-order valence-corrected chi connectivity index (χ3v) is 3.39. The molecule has 0 aliphatic carbocycles. The van der Waals surface area contributed by atoms with Gasteiger partial charge in [-0.2, -0.15) is 0 Å². The molecule has 0 spiro atoms. The first kappa shape index (κ1) is 13.9. The lowest BCUT2D eigenvalue weighted by Crippen LogP contribution is -2.10. The van der Waals surface area contributed by atoms with Gasteiger partial charge in [0.1, 0.15) is 12.1 Å². The zero-order valence-electron chi connectivity index (χ0n) is 11.8. The average molecular weight is 296 g/mol. The molecule has 3 aromatic rings. The number of amides is 1. The van der Waals surface area contributed by atoms with E-state index in [-0.39, 0.29) is 5.82 Å². The van der Waals surface area contributed by atoms with Crippen molar-refractivity contribution in [1.29, 1.82) is 0 Å². The minimum Gasteiger partial charge on any atom is -0.366 e. The molecule has 110 valence electrons. The third-order valence-electron chi connectivity index (χ3n) is 3.39. The summed E-state index contributed by atoms with van der Waals surface area (Å²) in [6.45, 7) is 0. The highest BCUT2D eigenvalue weighted by Crippen LogP contribution is 2.31. The number of primary amides is 1. The van der Waals surface area contributed by atoms with E-state index in [4.69, 9.17) is 5.73 Å². The molecule has 5 nitrogen and oxygen atoms in total. The quantitative estimate of drug-likeness (QED) is 0.806. The molecule has 2 aromatic carbocycles. The van der Waals surface area contributed by atoms with Crippen LogP contribution in [0.5, 0.6) is 0 Å². The summed E-state index contributed by atoms with van der Waals surface area (Å²) in [4.78, 5) is 11.3. The van der Waals surface area contributed by atoms with Crippen molar-refractivity contribution in [1.82, 2.24) is 14.8 Å². The van der Waals surface area contributed by atoms with Crippen LogP contribution in [0.4, 0.5) is 4.39 Å². The molecule has 6 heteroatoms. The van der Waals surface area contributed by atoms with Crippen molar-refractivity contribution in [3.05, 3.63) is 60.2 Å². The van der Waals surface area contributed by atoms with E-state index in [1.54, 1.807) is 42.2 Å². The van der Waals surface area contributed by atoms with Gasteiger partial charge in [-0.3, -0.25) is 4.79 Å². The van der Waals surface area contributed by atoms with Crippen molar-refractivity contribution in [2.75, 3.05) is 0 Å². The average Bonchev–Trinajstić information content (AvgIpc) is 2.93. The van der Waals surface area contributed by atoms with Gasteiger partial charge in [-0.05, 0) is 35.4 Å². The van der Waals surface area contributed by atoms with E-state index >= 15 is 0 Å². The van der Waals surface area contributed by atoms with Gasteiger partial charge in [-0.25, -0.2) is 4.39 Å². The highest BCUT2D eigenvalue weighted by Gasteiger charge is 2.14. The van der Waals surface area contributed by atoms with Crippen LogP contribution in [0.2, 0.25) is 0 Å². The van der Waals surface area contributed by atoms with E-state index in [1.807, 2.05) is 6.07 Å². The number of benzene rings is 2. The summed E-state index contributed by atoms with van der Waals surface area (Å²) >= 11 is 0. The number of hydrogen-bond acceptors (Lipinski definition) is 3. The first-order valence-electron chi connectivity index (χ1n) is 6.60. The Morgan fingerprint density at radius 3 is 2.68 bits per heavy atom. The van der Waals surface area contributed by atoms with Crippen LogP contribution in [-0.4, -0.2) is 20.7 Å². The Morgan fingerprint density at radius 2 is 2.00 bits per heavy atom. The lowest BCUT2D eigenvalue weighted by atomic mass is 9.97. The summed E-state index contributed by atoms with van der Waals surface area (Å²) < 4.78 is 15.4. The number of aryl methyl sites for hydroxylation is 1. The molecule has 0 aliphatic heterocycles. The Balaban J connectivity index is 2.22. The fourth-order valence-corrected chi connectivity index (χ4v) is 2.32. The van der Waals surface area contributed by atoms with Crippen molar-refractivity contribution in [3.63, 3.8) is 0 Å². The normalized spacial score (nSPS) is 10.6. The zero-order chi connectivity index (χ0) is 15.7. The summed E-state index contributed by atoms with van der Waals surface area (Å²) in [5.74, 6) is -0.337. The van der Waals surface area contributed by atoms with Gasteiger partial charge in [0, 0.05) is 18.2 Å². The molecule has 1 heterocycles. The number of aromatic nitrogens is 3. The molecule has 0 atom stereocenters. The molecule has 0 saturated heterocycles. The van der Waals surface area contributed by atoms with Gasteiger partial charge in [-0.15, -0.1) is 10.2 Å². The Hall–Kier alpha value is -3.02. The van der Waals surface area contributed by atoms with Crippen molar-refractivity contribution in [3.8, 4) is 22.5 Å². The molecule has 0 radical (unpaired) electrons. The third kappa shape index (κ3) is 2.46. The number of hydrogen-bond donors (Lipinski definition) is 1. The van der Waals surface area contributed by atoms with Crippen molar-refractivity contribution in [2.45, 2.75) is 0 Å². The monoisotopic (exact) mass is 296 g/mol. The molecule has 1 amide bonds. The van der Waals surface area contributed by atoms with Crippen LogP contribution < -0.4 is 5.73 Å². The predicted octanol–water partition coefficient (Wildman–Crippen LogP) is 2.39. The number of carbonyl (C=O) groups is 1. The zero-order valence-corrected chi connectivity index (χ0v) is 11.8. The molecule has 3 rings (SSSR count). The number of halogens is 1.